The highest BCUT2D eigenvalue weighted by Crippen LogP contribution is 2.27. The molecule has 0 amide bonds. The lowest BCUT2D eigenvalue weighted by atomic mass is 10.1. The highest BCUT2D eigenvalue weighted by molar-refractivity contribution is 7.17. The van der Waals surface area contributed by atoms with E-state index in [4.69, 9.17) is 0 Å². The van der Waals surface area contributed by atoms with Gasteiger partial charge in [-0.3, -0.25) is 5.43 Å². The Kier molecular flexibility index (Phi) is 4.42. The Morgan fingerprint density at radius 3 is 2.79 bits per heavy atom. The number of thiophene rings is 1. The quantitative estimate of drug-likeness (QED) is 0.553. The molecule has 1 N–H and O–H groups in total. The smallest absolute Gasteiger partial charge is 0.146 e. The topological polar surface area (TPSA) is 40.5 Å². The molecule has 0 spiro atoms. The van der Waals surface area contributed by atoms with Gasteiger partial charge in [0.25, 0.3) is 0 Å². The summed E-state index contributed by atoms with van der Waals surface area (Å²) in [7, 11) is 0. The standard InChI is InChI=1S/C19H20N4S/c1-4-12-23(13-5-1)19-11-9-16(24-19)14-20-22-18-10-8-15-6-2-3-7-17(15)21-18/h2-3,6-11,14H,1,4-5,12-13H2,(H,21,22)/b20-14+. The number of hydrogen-bond donors (Lipinski definition) is 1. The van der Waals surface area contributed by atoms with E-state index in [0.717, 1.165) is 21.6 Å². The van der Waals surface area contributed by atoms with E-state index in [1.54, 1.807) is 11.3 Å². The fourth-order valence-electron chi connectivity index (χ4n) is 2.99. The van der Waals surface area contributed by atoms with Crippen LogP contribution in [0.15, 0.2) is 53.6 Å². The zero-order valence-corrected chi connectivity index (χ0v) is 14.3. The van der Waals surface area contributed by atoms with Crippen molar-refractivity contribution in [1.82, 2.24) is 4.98 Å². The summed E-state index contributed by atoms with van der Waals surface area (Å²) >= 11 is 1.79. The van der Waals surface area contributed by atoms with Crippen LogP contribution in [0.3, 0.4) is 0 Å². The van der Waals surface area contributed by atoms with Gasteiger partial charge in [0.15, 0.2) is 0 Å². The van der Waals surface area contributed by atoms with Crippen molar-refractivity contribution in [2.45, 2.75) is 19.3 Å². The maximum absolute atomic E-state index is 4.56. The van der Waals surface area contributed by atoms with Gasteiger partial charge < -0.3 is 4.90 Å². The van der Waals surface area contributed by atoms with Crippen LogP contribution in [0, 0.1) is 0 Å². The van der Waals surface area contributed by atoms with Gasteiger partial charge in [0.05, 0.1) is 16.7 Å². The number of aromatic nitrogens is 1. The molecule has 4 rings (SSSR count). The minimum atomic E-state index is 0.762. The van der Waals surface area contributed by atoms with Gasteiger partial charge in [0, 0.05) is 23.4 Å². The van der Waals surface area contributed by atoms with Gasteiger partial charge in [0.1, 0.15) is 5.82 Å². The number of piperidine rings is 1. The van der Waals surface area contributed by atoms with Crippen LogP contribution in [-0.4, -0.2) is 24.3 Å². The van der Waals surface area contributed by atoms with Gasteiger partial charge >= 0.3 is 0 Å². The van der Waals surface area contributed by atoms with Crippen LogP contribution in [0.2, 0.25) is 0 Å². The molecule has 0 unspecified atom stereocenters. The molecule has 0 saturated carbocycles. The molecule has 1 aliphatic rings. The molecule has 1 aliphatic heterocycles. The largest absolute Gasteiger partial charge is 0.363 e. The first-order valence-electron chi connectivity index (χ1n) is 8.38. The van der Waals surface area contributed by atoms with E-state index in [9.17, 15) is 0 Å². The molecule has 2 aromatic heterocycles. The predicted octanol–water partition coefficient (Wildman–Crippen LogP) is 4.73. The third-order valence-corrected chi connectivity index (χ3v) is 5.33. The fourth-order valence-corrected chi connectivity index (χ4v) is 3.92. The zero-order valence-electron chi connectivity index (χ0n) is 13.5. The van der Waals surface area contributed by atoms with Crippen molar-refractivity contribution in [3.63, 3.8) is 0 Å². The summed E-state index contributed by atoms with van der Waals surface area (Å²) in [6.07, 6.45) is 5.83. The van der Waals surface area contributed by atoms with Crippen molar-refractivity contribution in [3.8, 4) is 0 Å². The Hall–Kier alpha value is -2.40. The molecular formula is C19H20N4S. The van der Waals surface area contributed by atoms with Crippen molar-refractivity contribution in [1.29, 1.82) is 0 Å². The van der Waals surface area contributed by atoms with Crippen LogP contribution in [0.5, 0.6) is 0 Å². The van der Waals surface area contributed by atoms with Gasteiger partial charge in [-0.1, -0.05) is 18.2 Å². The molecule has 24 heavy (non-hydrogen) atoms. The zero-order chi connectivity index (χ0) is 16.2. The lowest BCUT2D eigenvalue weighted by Crippen LogP contribution is -2.28. The van der Waals surface area contributed by atoms with E-state index in [-0.39, 0.29) is 0 Å². The first-order chi connectivity index (χ1) is 11.9. The second-order valence-corrected chi connectivity index (χ2v) is 7.08. The molecule has 0 bridgehead atoms. The highest BCUT2D eigenvalue weighted by atomic mass is 32.1. The average molecular weight is 336 g/mol. The van der Waals surface area contributed by atoms with Gasteiger partial charge in [-0.05, 0) is 49.6 Å². The maximum atomic E-state index is 4.56. The van der Waals surface area contributed by atoms with Crippen LogP contribution >= 0.6 is 11.3 Å². The Morgan fingerprint density at radius 2 is 1.88 bits per heavy atom. The molecular weight excluding hydrogens is 316 g/mol. The molecule has 122 valence electrons. The van der Waals surface area contributed by atoms with Gasteiger partial charge in [0.2, 0.25) is 0 Å². The summed E-state index contributed by atoms with van der Waals surface area (Å²) in [6.45, 7) is 2.35. The molecule has 0 atom stereocenters. The number of anilines is 2. The Bertz CT molecular complexity index is 849. The molecule has 1 fully saturated rings. The second kappa shape index (κ2) is 7.01. The SMILES string of the molecule is C(=N\Nc1ccc2ccccc2n1)/c1ccc(N2CCCCC2)s1. The van der Waals surface area contributed by atoms with Crippen molar-refractivity contribution in [2.24, 2.45) is 5.10 Å². The summed E-state index contributed by atoms with van der Waals surface area (Å²) in [5.74, 6) is 0.762. The first-order valence-corrected chi connectivity index (χ1v) is 9.20. The maximum Gasteiger partial charge on any atom is 0.146 e. The molecule has 4 nitrogen and oxygen atoms in total. The van der Waals surface area contributed by atoms with Crippen LogP contribution in [0.25, 0.3) is 10.9 Å². The Morgan fingerprint density at radius 1 is 1.00 bits per heavy atom. The van der Waals surface area contributed by atoms with E-state index >= 15 is 0 Å². The number of para-hydroxylation sites is 1. The third kappa shape index (κ3) is 3.41. The molecule has 0 aliphatic carbocycles. The molecule has 1 saturated heterocycles. The minimum absolute atomic E-state index is 0.762. The number of hydrogen-bond acceptors (Lipinski definition) is 5. The van der Waals surface area contributed by atoms with Crippen molar-refractivity contribution >= 4 is 39.3 Å². The van der Waals surface area contributed by atoms with E-state index in [1.165, 1.54) is 37.4 Å². The van der Waals surface area contributed by atoms with Crippen LogP contribution in [0.4, 0.5) is 10.8 Å². The Balaban J connectivity index is 1.42. The van der Waals surface area contributed by atoms with Crippen LogP contribution in [-0.2, 0) is 0 Å². The minimum Gasteiger partial charge on any atom is -0.363 e. The van der Waals surface area contributed by atoms with Gasteiger partial charge in [-0.25, -0.2) is 4.98 Å². The van der Waals surface area contributed by atoms with Crippen LogP contribution < -0.4 is 10.3 Å². The van der Waals surface area contributed by atoms with E-state index in [1.807, 2.05) is 30.5 Å². The number of fused-ring (bicyclic) bond motifs is 1. The normalized spacial score (nSPS) is 15.2. The predicted molar refractivity (Wildman–Crippen MR) is 103 cm³/mol. The van der Waals surface area contributed by atoms with E-state index < -0.39 is 0 Å². The monoisotopic (exact) mass is 336 g/mol. The summed E-state index contributed by atoms with van der Waals surface area (Å²) < 4.78 is 0. The lowest BCUT2D eigenvalue weighted by Gasteiger charge is -2.27. The fraction of sp³-hybridized carbons (Fsp3) is 0.263. The summed E-state index contributed by atoms with van der Waals surface area (Å²) in [4.78, 5) is 8.19. The average Bonchev–Trinajstić information content (AvgIpc) is 3.11. The van der Waals surface area contributed by atoms with Gasteiger partial charge in [-0.2, -0.15) is 5.10 Å². The van der Waals surface area contributed by atoms with Gasteiger partial charge in [-0.15, -0.1) is 11.3 Å². The highest BCUT2D eigenvalue weighted by Gasteiger charge is 2.12. The summed E-state index contributed by atoms with van der Waals surface area (Å²) in [6, 6.07) is 16.4. The summed E-state index contributed by atoms with van der Waals surface area (Å²) in [5, 5.41) is 6.81. The number of nitrogens with zero attached hydrogens (tertiary/aromatic N) is 3. The first kappa shape index (κ1) is 15.1. The number of hydrazone groups is 1. The van der Waals surface area contributed by atoms with Crippen LogP contribution in [0.1, 0.15) is 24.1 Å². The molecule has 0 radical (unpaired) electrons. The molecule has 3 aromatic rings. The van der Waals surface area contributed by atoms with E-state index in [2.05, 4.69) is 44.7 Å². The summed E-state index contributed by atoms with van der Waals surface area (Å²) in [5.41, 5.74) is 4.00. The van der Waals surface area contributed by atoms with Crippen molar-refractivity contribution < 1.29 is 0 Å². The van der Waals surface area contributed by atoms with E-state index in [0.29, 0.717) is 0 Å². The molecule has 1 aromatic carbocycles. The second-order valence-electron chi connectivity index (χ2n) is 5.98. The number of benzene rings is 1. The molecule has 3 heterocycles. The van der Waals surface area contributed by atoms with Crippen molar-refractivity contribution in [3.05, 3.63) is 53.4 Å². The third-order valence-electron chi connectivity index (χ3n) is 4.25. The Labute approximate surface area is 145 Å². The number of rotatable bonds is 4. The van der Waals surface area contributed by atoms with Crippen molar-refractivity contribution in [2.75, 3.05) is 23.4 Å². The number of nitrogens with one attached hydrogen (secondary N) is 1. The molecule has 5 heteroatoms. The lowest BCUT2D eigenvalue weighted by molar-refractivity contribution is 0.580. The number of pyridine rings is 1.